The van der Waals surface area contributed by atoms with Crippen LogP contribution >= 0.6 is 0 Å². The van der Waals surface area contributed by atoms with Crippen molar-refractivity contribution in [3.8, 4) is 5.75 Å². The summed E-state index contributed by atoms with van der Waals surface area (Å²) in [6.07, 6.45) is 4.34. The molecule has 192 valence electrons. The molecule has 1 N–H and O–H groups in total. The van der Waals surface area contributed by atoms with Gasteiger partial charge in [-0.25, -0.2) is 0 Å². The highest BCUT2D eigenvalue weighted by molar-refractivity contribution is 6.01. The Morgan fingerprint density at radius 1 is 0.946 bits per heavy atom. The Morgan fingerprint density at radius 3 is 2.43 bits per heavy atom. The molecule has 2 aromatic carbocycles. The maximum absolute atomic E-state index is 13.0. The van der Waals surface area contributed by atoms with Gasteiger partial charge in [0.2, 0.25) is 5.91 Å². The van der Waals surface area contributed by atoms with E-state index >= 15 is 0 Å². The fraction of sp³-hybridized carbons (Fsp3) is 0.345. The van der Waals surface area contributed by atoms with Gasteiger partial charge in [-0.3, -0.25) is 19.5 Å². The van der Waals surface area contributed by atoms with Crippen LogP contribution in [0.1, 0.15) is 18.9 Å². The normalized spacial score (nSPS) is 17.8. The number of pyridine rings is 1. The summed E-state index contributed by atoms with van der Waals surface area (Å²) in [6, 6.07) is 19.5. The van der Waals surface area contributed by atoms with Gasteiger partial charge in [0.1, 0.15) is 5.75 Å². The van der Waals surface area contributed by atoms with Crippen molar-refractivity contribution in [3.05, 3.63) is 78.6 Å². The summed E-state index contributed by atoms with van der Waals surface area (Å²) in [6.45, 7) is 6.82. The van der Waals surface area contributed by atoms with E-state index in [0.717, 1.165) is 50.5 Å². The predicted octanol–water partition coefficient (Wildman–Crippen LogP) is 3.59. The van der Waals surface area contributed by atoms with Gasteiger partial charge in [-0.1, -0.05) is 24.3 Å². The van der Waals surface area contributed by atoms with Crippen LogP contribution in [0.2, 0.25) is 0 Å². The van der Waals surface area contributed by atoms with Gasteiger partial charge in [0.15, 0.2) is 6.10 Å². The number of anilines is 3. The Bertz CT molecular complexity index is 1230. The minimum atomic E-state index is -0.568. The third-order valence-corrected chi connectivity index (χ3v) is 6.99. The number of hydrogen-bond acceptors (Lipinski definition) is 6. The highest BCUT2D eigenvalue weighted by atomic mass is 16.5. The number of nitrogens with one attached hydrogen (secondary N) is 1. The summed E-state index contributed by atoms with van der Waals surface area (Å²) in [5.41, 5.74) is 3.86. The molecule has 1 saturated heterocycles. The SMILES string of the molecule is CC1Oc2ccccc2N(CCC(=O)Nc2ccccc2N2CCN(CCc3ccncc3)CC2)C1=O. The van der Waals surface area contributed by atoms with E-state index in [0.29, 0.717) is 18.0 Å². The first-order chi connectivity index (χ1) is 18.1. The number of ether oxygens (including phenoxy) is 1. The summed E-state index contributed by atoms with van der Waals surface area (Å²) in [4.78, 5) is 36.2. The topological polar surface area (TPSA) is 78.0 Å². The molecule has 3 aromatic rings. The van der Waals surface area contributed by atoms with E-state index in [1.54, 1.807) is 11.8 Å². The summed E-state index contributed by atoms with van der Waals surface area (Å²) >= 11 is 0. The van der Waals surface area contributed by atoms with Crippen LogP contribution in [0.15, 0.2) is 73.1 Å². The van der Waals surface area contributed by atoms with Gasteiger partial charge >= 0.3 is 0 Å². The lowest BCUT2D eigenvalue weighted by Gasteiger charge is -2.37. The highest BCUT2D eigenvalue weighted by Crippen LogP contribution is 2.34. The maximum Gasteiger partial charge on any atom is 0.267 e. The predicted molar refractivity (Wildman–Crippen MR) is 145 cm³/mol. The van der Waals surface area contributed by atoms with Crippen molar-refractivity contribution in [1.82, 2.24) is 9.88 Å². The van der Waals surface area contributed by atoms with Crippen molar-refractivity contribution >= 4 is 28.9 Å². The van der Waals surface area contributed by atoms with Crippen molar-refractivity contribution < 1.29 is 14.3 Å². The van der Waals surface area contributed by atoms with E-state index in [1.165, 1.54) is 5.56 Å². The lowest BCUT2D eigenvalue weighted by molar-refractivity contribution is -0.125. The molecule has 0 aliphatic carbocycles. The van der Waals surface area contributed by atoms with Crippen LogP contribution < -0.4 is 19.9 Å². The zero-order valence-electron chi connectivity index (χ0n) is 21.2. The van der Waals surface area contributed by atoms with Crippen LogP contribution in [-0.2, 0) is 16.0 Å². The largest absolute Gasteiger partial charge is 0.479 e. The van der Waals surface area contributed by atoms with Gasteiger partial charge in [0, 0.05) is 58.1 Å². The van der Waals surface area contributed by atoms with E-state index in [4.69, 9.17) is 4.74 Å². The Morgan fingerprint density at radius 2 is 1.65 bits per heavy atom. The lowest BCUT2D eigenvalue weighted by atomic mass is 10.1. The molecule has 8 heteroatoms. The number of aromatic nitrogens is 1. The number of carbonyl (C=O) groups is 2. The van der Waals surface area contributed by atoms with Gasteiger partial charge in [0.05, 0.1) is 17.1 Å². The van der Waals surface area contributed by atoms with Crippen molar-refractivity contribution in [2.24, 2.45) is 0 Å². The molecule has 0 bridgehead atoms. The second-order valence-electron chi connectivity index (χ2n) is 9.47. The first-order valence-electron chi connectivity index (χ1n) is 12.9. The highest BCUT2D eigenvalue weighted by Gasteiger charge is 2.31. The molecule has 0 radical (unpaired) electrons. The van der Waals surface area contributed by atoms with Crippen molar-refractivity contribution in [2.75, 3.05) is 54.4 Å². The summed E-state index contributed by atoms with van der Waals surface area (Å²) < 4.78 is 5.70. The molecule has 1 fully saturated rings. The van der Waals surface area contributed by atoms with Crippen LogP contribution in [0.5, 0.6) is 5.75 Å². The van der Waals surface area contributed by atoms with Gasteiger partial charge in [-0.15, -0.1) is 0 Å². The summed E-state index contributed by atoms with van der Waals surface area (Å²) in [5, 5.41) is 3.09. The van der Waals surface area contributed by atoms with Crippen LogP contribution in [-0.4, -0.2) is 67.1 Å². The van der Waals surface area contributed by atoms with E-state index in [1.807, 2.05) is 54.9 Å². The number of fused-ring (bicyclic) bond motifs is 1. The zero-order valence-corrected chi connectivity index (χ0v) is 21.2. The Labute approximate surface area is 217 Å². The number of hydrogen-bond donors (Lipinski definition) is 1. The van der Waals surface area contributed by atoms with Crippen LogP contribution in [0, 0.1) is 0 Å². The molecule has 2 aliphatic heterocycles. The van der Waals surface area contributed by atoms with Crippen molar-refractivity contribution in [2.45, 2.75) is 25.9 Å². The standard InChI is InChI=1S/C29H33N5O3/c1-22-29(36)34(26-8-4-5-9-27(26)37-22)17-13-28(35)31-24-6-2-3-7-25(24)33-20-18-32(19-21-33)16-12-23-10-14-30-15-11-23/h2-11,14-15,22H,12-13,16-21H2,1H3,(H,31,35). The second-order valence-corrected chi connectivity index (χ2v) is 9.47. The molecule has 5 rings (SSSR count). The molecule has 2 amide bonds. The third kappa shape index (κ3) is 5.91. The number of piperazine rings is 1. The fourth-order valence-corrected chi connectivity index (χ4v) is 4.92. The minimum Gasteiger partial charge on any atom is -0.479 e. The monoisotopic (exact) mass is 499 g/mol. The van der Waals surface area contributed by atoms with Crippen LogP contribution in [0.25, 0.3) is 0 Å². The fourth-order valence-electron chi connectivity index (χ4n) is 4.92. The lowest BCUT2D eigenvalue weighted by Crippen LogP contribution is -2.47. The van der Waals surface area contributed by atoms with E-state index in [2.05, 4.69) is 38.3 Å². The van der Waals surface area contributed by atoms with Crippen LogP contribution in [0.3, 0.4) is 0 Å². The number of para-hydroxylation sites is 4. The van der Waals surface area contributed by atoms with E-state index in [-0.39, 0.29) is 18.2 Å². The van der Waals surface area contributed by atoms with E-state index < -0.39 is 6.10 Å². The number of nitrogens with zero attached hydrogens (tertiary/aromatic N) is 4. The molecule has 0 spiro atoms. The molecule has 1 unspecified atom stereocenters. The quantitative estimate of drug-likeness (QED) is 0.511. The number of rotatable bonds is 8. The Balaban J connectivity index is 1.16. The molecule has 2 aliphatic rings. The van der Waals surface area contributed by atoms with Gasteiger partial charge in [-0.05, 0) is 55.3 Å². The molecule has 0 saturated carbocycles. The average Bonchev–Trinajstić information content (AvgIpc) is 2.93. The number of amides is 2. The Kier molecular flexibility index (Phi) is 7.65. The molecule has 8 nitrogen and oxygen atoms in total. The van der Waals surface area contributed by atoms with Crippen LogP contribution in [0.4, 0.5) is 17.1 Å². The van der Waals surface area contributed by atoms with Crippen molar-refractivity contribution in [3.63, 3.8) is 0 Å². The minimum absolute atomic E-state index is 0.118. The number of benzene rings is 2. The molecule has 1 atom stereocenters. The molecular formula is C29H33N5O3. The van der Waals surface area contributed by atoms with E-state index in [9.17, 15) is 9.59 Å². The van der Waals surface area contributed by atoms with Gasteiger partial charge < -0.3 is 19.9 Å². The molecule has 37 heavy (non-hydrogen) atoms. The number of carbonyl (C=O) groups excluding carboxylic acids is 2. The third-order valence-electron chi connectivity index (χ3n) is 6.99. The van der Waals surface area contributed by atoms with Crippen molar-refractivity contribution in [1.29, 1.82) is 0 Å². The second kappa shape index (κ2) is 11.4. The molecule has 3 heterocycles. The maximum atomic E-state index is 13.0. The van der Waals surface area contributed by atoms with Gasteiger partial charge in [0.25, 0.3) is 5.91 Å². The Hall–Kier alpha value is -3.91. The summed E-state index contributed by atoms with van der Waals surface area (Å²) in [7, 11) is 0. The smallest absolute Gasteiger partial charge is 0.267 e. The van der Waals surface area contributed by atoms with Gasteiger partial charge in [-0.2, -0.15) is 0 Å². The zero-order chi connectivity index (χ0) is 25.6. The first kappa shape index (κ1) is 24.8. The molecular weight excluding hydrogens is 466 g/mol. The first-order valence-corrected chi connectivity index (χ1v) is 12.9. The summed E-state index contributed by atoms with van der Waals surface area (Å²) in [5.74, 6) is 0.418. The average molecular weight is 500 g/mol. The molecule has 1 aromatic heterocycles.